The molecule has 3 aromatic rings. The van der Waals surface area contributed by atoms with E-state index in [1.165, 1.54) is 24.3 Å². The van der Waals surface area contributed by atoms with Crippen molar-refractivity contribution in [2.24, 2.45) is 0 Å². The van der Waals surface area contributed by atoms with Gasteiger partial charge in [0.05, 0.1) is 0 Å². The SMILES string of the molecule is Cc1ccc(/C=C/c2cccc(F)c2)cc1Nc1ccc(F)cc1. The smallest absolute Gasteiger partial charge is 0.123 e. The summed E-state index contributed by atoms with van der Waals surface area (Å²) in [7, 11) is 0. The second kappa shape index (κ2) is 7.09. The van der Waals surface area contributed by atoms with Crippen LogP contribution in [0.25, 0.3) is 12.2 Å². The second-order valence-electron chi connectivity index (χ2n) is 5.59. The van der Waals surface area contributed by atoms with Gasteiger partial charge in [0.15, 0.2) is 0 Å². The van der Waals surface area contributed by atoms with Crippen molar-refractivity contribution in [3.05, 3.63) is 95.1 Å². The molecule has 0 saturated heterocycles. The van der Waals surface area contributed by atoms with Crippen LogP contribution in [0, 0.1) is 18.6 Å². The van der Waals surface area contributed by atoms with Gasteiger partial charge >= 0.3 is 0 Å². The van der Waals surface area contributed by atoms with Gasteiger partial charge in [0, 0.05) is 11.4 Å². The maximum absolute atomic E-state index is 13.2. The Labute approximate surface area is 140 Å². The fourth-order valence-corrected chi connectivity index (χ4v) is 2.37. The summed E-state index contributed by atoms with van der Waals surface area (Å²) in [5.41, 5.74) is 4.66. The monoisotopic (exact) mass is 321 g/mol. The van der Waals surface area contributed by atoms with Crippen LogP contribution in [0.4, 0.5) is 20.2 Å². The van der Waals surface area contributed by atoms with Gasteiger partial charge in [-0.05, 0) is 66.1 Å². The van der Waals surface area contributed by atoms with Crippen molar-refractivity contribution in [1.29, 1.82) is 0 Å². The molecule has 0 heterocycles. The molecule has 0 bridgehead atoms. The van der Waals surface area contributed by atoms with E-state index in [9.17, 15) is 8.78 Å². The summed E-state index contributed by atoms with van der Waals surface area (Å²) in [6, 6.07) is 18.7. The summed E-state index contributed by atoms with van der Waals surface area (Å²) in [6.07, 6.45) is 3.81. The Kier molecular flexibility index (Phi) is 4.71. The molecule has 0 fully saturated rings. The molecule has 1 nitrogen and oxygen atoms in total. The number of nitrogens with one attached hydrogen (secondary N) is 1. The highest BCUT2D eigenvalue weighted by Crippen LogP contribution is 2.23. The molecule has 0 amide bonds. The maximum atomic E-state index is 13.2. The van der Waals surface area contributed by atoms with Crippen LogP contribution in [-0.2, 0) is 0 Å². The largest absolute Gasteiger partial charge is 0.355 e. The van der Waals surface area contributed by atoms with Gasteiger partial charge in [0.2, 0.25) is 0 Å². The Hall–Kier alpha value is -2.94. The van der Waals surface area contributed by atoms with Gasteiger partial charge in [0.1, 0.15) is 11.6 Å². The Morgan fingerprint density at radius 3 is 2.17 bits per heavy atom. The third kappa shape index (κ3) is 4.07. The number of halogens is 2. The summed E-state index contributed by atoms with van der Waals surface area (Å²) in [5.74, 6) is -0.510. The molecule has 3 heteroatoms. The third-order valence-electron chi connectivity index (χ3n) is 3.70. The van der Waals surface area contributed by atoms with Crippen molar-refractivity contribution in [1.82, 2.24) is 0 Å². The van der Waals surface area contributed by atoms with E-state index in [4.69, 9.17) is 0 Å². The first-order chi connectivity index (χ1) is 11.6. The molecule has 1 N–H and O–H groups in total. The lowest BCUT2D eigenvalue weighted by Gasteiger charge is -2.10. The van der Waals surface area contributed by atoms with Crippen LogP contribution in [0.3, 0.4) is 0 Å². The number of hydrogen-bond donors (Lipinski definition) is 1. The molecule has 0 saturated carbocycles. The Morgan fingerprint density at radius 2 is 1.46 bits per heavy atom. The fraction of sp³-hybridized carbons (Fsp3) is 0.0476. The first kappa shape index (κ1) is 15.9. The molecule has 0 aliphatic rings. The van der Waals surface area contributed by atoms with E-state index in [0.29, 0.717) is 0 Å². The normalized spacial score (nSPS) is 11.0. The third-order valence-corrected chi connectivity index (χ3v) is 3.70. The number of hydrogen-bond acceptors (Lipinski definition) is 1. The van der Waals surface area contributed by atoms with Crippen molar-refractivity contribution in [2.75, 3.05) is 5.32 Å². The minimum atomic E-state index is -0.260. The Morgan fingerprint density at radius 1 is 0.750 bits per heavy atom. The topological polar surface area (TPSA) is 12.0 Å². The molecule has 120 valence electrons. The lowest BCUT2D eigenvalue weighted by molar-refractivity contribution is 0.627. The van der Waals surface area contributed by atoms with E-state index in [-0.39, 0.29) is 11.6 Å². The van der Waals surface area contributed by atoms with Crippen LogP contribution in [-0.4, -0.2) is 0 Å². The van der Waals surface area contributed by atoms with Gasteiger partial charge < -0.3 is 5.32 Å². The zero-order valence-electron chi connectivity index (χ0n) is 13.3. The molecule has 0 aliphatic heterocycles. The van der Waals surface area contributed by atoms with E-state index >= 15 is 0 Å². The molecule has 3 aromatic carbocycles. The van der Waals surface area contributed by atoms with Crippen LogP contribution in [0.1, 0.15) is 16.7 Å². The predicted molar refractivity (Wildman–Crippen MR) is 96.2 cm³/mol. The van der Waals surface area contributed by atoms with Crippen LogP contribution in [0.15, 0.2) is 66.7 Å². The van der Waals surface area contributed by atoms with E-state index in [2.05, 4.69) is 5.32 Å². The molecule has 24 heavy (non-hydrogen) atoms. The van der Waals surface area contributed by atoms with Crippen molar-refractivity contribution in [3.63, 3.8) is 0 Å². The first-order valence-corrected chi connectivity index (χ1v) is 7.67. The zero-order chi connectivity index (χ0) is 16.9. The van der Waals surface area contributed by atoms with Crippen molar-refractivity contribution in [3.8, 4) is 0 Å². The van der Waals surface area contributed by atoms with E-state index in [0.717, 1.165) is 28.1 Å². The van der Waals surface area contributed by atoms with Gasteiger partial charge in [-0.15, -0.1) is 0 Å². The average Bonchev–Trinajstić information content (AvgIpc) is 2.58. The summed E-state index contributed by atoms with van der Waals surface area (Å²) < 4.78 is 26.2. The summed E-state index contributed by atoms with van der Waals surface area (Å²) in [4.78, 5) is 0. The molecule has 3 rings (SSSR count). The van der Waals surface area contributed by atoms with Crippen LogP contribution < -0.4 is 5.32 Å². The van der Waals surface area contributed by atoms with Crippen molar-refractivity contribution in [2.45, 2.75) is 6.92 Å². The molecule has 0 radical (unpaired) electrons. The van der Waals surface area contributed by atoms with E-state index in [1.54, 1.807) is 18.2 Å². The predicted octanol–water partition coefficient (Wildman–Crippen LogP) is 6.19. The molecular weight excluding hydrogens is 304 g/mol. The van der Waals surface area contributed by atoms with Gasteiger partial charge in [-0.2, -0.15) is 0 Å². The summed E-state index contributed by atoms with van der Waals surface area (Å²) in [6.45, 7) is 2.01. The van der Waals surface area contributed by atoms with Gasteiger partial charge in [-0.25, -0.2) is 8.78 Å². The van der Waals surface area contributed by atoms with Crippen molar-refractivity contribution >= 4 is 23.5 Å². The molecular formula is C21H17F2N. The van der Waals surface area contributed by atoms with Gasteiger partial charge in [-0.1, -0.05) is 36.4 Å². The zero-order valence-corrected chi connectivity index (χ0v) is 13.3. The van der Waals surface area contributed by atoms with Crippen molar-refractivity contribution < 1.29 is 8.78 Å². The highest BCUT2D eigenvalue weighted by atomic mass is 19.1. The van der Waals surface area contributed by atoms with E-state index in [1.807, 2.05) is 43.3 Å². The average molecular weight is 321 g/mol. The fourth-order valence-electron chi connectivity index (χ4n) is 2.37. The number of anilines is 2. The molecule has 0 atom stereocenters. The van der Waals surface area contributed by atoms with Gasteiger partial charge in [0.25, 0.3) is 0 Å². The summed E-state index contributed by atoms with van der Waals surface area (Å²) >= 11 is 0. The lowest BCUT2D eigenvalue weighted by atomic mass is 10.1. The van der Waals surface area contributed by atoms with E-state index < -0.39 is 0 Å². The molecule has 0 aromatic heterocycles. The summed E-state index contributed by atoms with van der Waals surface area (Å²) in [5, 5.41) is 3.29. The van der Waals surface area contributed by atoms with Crippen LogP contribution in [0.5, 0.6) is 0 Å². The van der Waals surface area contributed by atoms with Gasteiger partial charge in [-0.3, -0.25) is 0 Å². The first-order valence-electron chi connectivity index (χ1n) is 7.67. The molecule has 0 spiro atoms. The van der Waals surface area contributed by atoms with Crippen LogP contribution >= 0.6 is 0 Å². The number of benzene rings is 3. The van der Waals surface area contributed by atoms with Crippen LogP contribution in [0.2, 0.25) is 0 Å². The quantitative estimate of drug-likeness (QED) is 0.565. The lowest BCUT2D eigenvalue weighted by Crippen LogP contribution is -1.93. The minimum absolute atomic E-state index is 0.250. The molecule has 0 unspecified atom stereocenters. The highest BCUT2D eigenvalue weighted by molar-refractivity contribution is 5.73. The maximum Gasteiger partial charge on any atom is 0.123 e. The molecule has 0 aliphatic carbocycles. The Balaban J connectivity index is 1.82. The standard InChI is InChI=1S/C21H17F2N/c1-15-5-6-17(8-7-16-3-2-4-19(23)13-16)14-21(15)24-20-11-9-18(22)10-12-20/h2-14,24H,1H3/b8-7+. The number of rotatable bonds is 4. The highest BCUT2D eigenvalue weighted by Gasteiger charge is 2.01. The Bertz CT molecular complexity index is 867. The second-order valence-corrected chi connectivity index (χ2v) is 5.59. The number of aryl methyl sites for hydroxylation is 1. The minimum Gasteiger partial charge on any atom is -0.355 e.